The summed E-state index contributed by atoms with van der Waals surface area (Å²) >= 11 is 0. The summed E-state index contributed by atoms with van der Waals surface area (Å²) in [5, 5.41) is 11.4. The Labute approximate surface area is 218 Å². The number of aliphatic imine (C=N–C) groups is 1. The van der Waals surface area contributed by atoms with Gasteiger partial charge in [0.25, 0.3) is 0 Å². The number of hydrogen-bond donors (Lipinski definition) is 6. The topological polar surface area (TPSA) is 218 Å². The Morgan fingerprint density at radius 2 is 0.921 bits per heavy atom. The summed E-state index contributed by atoms with van der Waals surface area (Å²) in [7, 11) is 0. The summed E-state index contributed by atoms with van der Waals surface area (Å²) in [5.74, 6) is 0.0318. The van der Waals surface area contributed by atoms with Crippen molar-refractivity contribution in [3.63, 3.8) is 0 Å². The van der Waals surface area contributed by atoms with Gasteiger partial charge in [-0.25, -0.2) is 15.0 Å². The molecule has 0 radical (unpaired) electrons. The van der Waals surface area contributed by atoms with Crippen LogP contribution in [0, 0.1) is 11.5 Å². The Balaban J connectivity index is 0.000000162. The smallest absolute Gasteiger partial charge is 0.191 e. The summed E-state index contributed by atoms with van der Waals surface area (Å²) in [4.78, 5) is 13.1. The van der Waals surface area contributed by atoms with Gasteiger partial charge in [-0.3, -0.25) is 0 Å². The van der Waals surface area contributed by atoms with E-state index in [9.17, 15) is 0 Å². The fourth-order valence-electron chi connectivity index (χ4n) is 3.90. The zero-order chi connectivity index (χ0) is 27.2. The normalized spacial score (nSPS) is 10.2. The van der Waals surface area contributed by atoms with Crippen LogP contribution < -0.4 is 34.4 Å². The summed E-state index contributed by atoms with van der Waals surface area (Å²) in [6.45, 7) is 0. The number of hydrogen-bond acceptors (Lipinski definition) is 8. The molecule has 0 atom stereocenters. The molecule has 12 N–H and O–H groups in total. The maximum absolute atomic E-state index is 7.10. The highest BCUT2D eigenvalue weighted by Gasteiger charge is 2.02. The molecule has 188 valence electrons. The number of fused-ring (bicyclic) bond motifs is 4. The van der Waals surface area contributed by atoms with E-state index < -0.39 is 0 Å². The molecule has 6 aromatic rings. The van der Waals surface area contributed by atoms with Crippen molar-refractivity contribution < 1.29 is 0 Å². The standard InChI is InChI=1S/C14H13N5.C13H11N3.CH2N2/c15-10-3-1-8-5-9-2-4-11(18-14(16)17)7-13(9)19-12(8)6-10;14-10-3-1-8-5-9-2-4-11(15)7-13(9)16-12(8)6-10;2-1-3/h1-7H,15H2,(H4,16,17,18);1-7H,14-15H2;2H2. The van der Waals surface area contributed by atoms with E-state index in [1.54, 1.807) is 0 Å². The SMILES string of the molecule is N#CN.NC(N)=Nc1ccc2cc3ccc(N)cc3nc2c1.Nc1ccc2cc3ccc(N)cc3nc2c1. The molecular weight excluding hydrogens is 476 g/mol. The number of rotatable bonds is 1. The Morgan fingerprint density at radius 1 is 0.579 bits per heavy atom. The van der Waals surface area contributed by atoms with Gasteiger partial charge >= 0.3 is 0 Å². The monoisotopic (exact) mass is 502 g/mol. The Morgan fingerprint density at radius 3 is 1.29 bits per heavy atom. The number of pyridine rings is 2. The van der Waals surface area contributed by atoms with Gasteiger partial charge in [0.1, 0.15) is 0 Å². The summed E-state index contributed by atoms with van der Waals surface area (Å²) in [6, 6.07) is 26.9. The van der Waals surface area contributed by atoms with Crippen molar-refractivity contribution in [1.29, 1.82) is 5.26 Å². The molecule has 0 spiro atoms. The van der Waals surface area contributed by atoms with Gasteiger partial charge in [-0.1, -0.05) is 24.3 Å². The van der Waals surface area contributed by atoms with Gasteiger partial charge in [0, 0.05) is 38.6 Å². The van der Waals surface area contributed by atoms with Crippen molar-refractivity contribution in [1.82, 2.24) is 9.97 Å². The molecular formula is C28H26N10. The summed E-state index contributed by atoms with van der Waals surface area (Å²) in [5.41, 5.74) is 38.4. The van der Waals surface area contributed by atoms with Gasteiger partial charge in [0.15, 0.2) is 12.2 Å². The van der Waals surface area contributed by atoms with Crippen LogP contribution in [0.25, 0.3) is 43.6 Å². The van der Waals surface area contributed by atoms with Gasteiger partial charge in [-0.2, -0.15) is 5.26 Å². The minimum atomic E-state index is 0.0318. The molecule has 10 nitrogen and oxygen atoms in total. The minimum absolute atomic E-state index is 0.0318. The third-order valence-corrected chi connectivity index (χ3v) is 5.54. The van der Waals surface area contributed by atoms with E-state index in [4.69, 9.17) is 33.9 Å². The van der Waals surface area contributed by atoms with Crippen molar-refractivity contribution in [2.45, 2.75) is 0 Å². The van der Waals surface area contributed by atoms with Crippen LogP contribution in [0.15, 0.2) is 89.9 Å². The number of nitrogen functional groups attached to an aromatic ring is 3. The third kappa shape index (κ3) is 5.87. The van der Waals surface area contributed by atoms with Crippen LogP contribution in [0.2, 0.25) is 0 Å². The summed E-state index contributed by atoms with van der Waals surface area (Å²) in [6.07, 6.45) is 1.25. The van der Waals surface area contributed by atoms with E-state index in [1.165, 1.54) is 6.19 Å². The van der Waals surface area contributed by atoms with E-state index in [2.05, 4.69) is 32.8 Å². The molecule has 10 heteroatoms. The first-order chi connectivity index (χ1) is 18.2. The molecule has 0 unspecified atom stereocenters. The predicted octanol–water partition coefficient (Wildman–Crippen LogP) is 3.85. The number of guanidine groups is 1. The zero-order valence-corrected chi connectivity index (χ0v) is 20.3. The molecule has 4 aromatic carbocycles. The van der Waals surface area contributed by atoms with Crippen molar-refractivity contribution in [2.75, 3.05) is 17.2 Å². The van der Waals surface area contributed by atoms with Crippen LogP contribution in [0.1, 0.15) is 0 Å². The van der Waals surface area contributed by atoms with Gasteiger partial charge in [-0.15, -0.1) is 0 Å². The molecule has 6 rings (SSSR count). The number of aromatic nitrogens is 2. The summed E-state index contributed by atoms with van der Waals surface area (Å²) < 4.78 is 0. The molecule has 2 aromatic heterocycles. The largest absolute Gasteiger partial charge is 0.399 e. The van der Waals surface area contributed by atoms with Gasteiger partial charge < -0.3 is 34.4 Å². The van der Waals surface area contributed by atoms with Crippen LogP contribution >= 0.6 is 0 Å². The minimum Gasteiger partial charge on any atom is -0.399 e. The highest BCUT2D eigenvalue weighted by atomic mass is 15.0. The molecule has 0 bridgehead atoms. The highest BCUT2D eigenvalue weighted by Crippen LogP contribution is 2.25. The lowest BCUT2D eigenvalue weighted by molar-refractivity contribution is 1.42. The number of anilines is 3. The number of nitriles is 1. The fourth-order valence-corrected chi connectivity index (χ4v) is 3.90. The first-order valence-electron chi connectivity index (χ1n) is 11.4. The van der Waals surface area contributed by atoms with Gasteiger partial charge in [0.2, 0.25) is 0 Å². The number of nitrogens with zero attached hydrogens (tertiary/aromatic N) is 4. The van der Waals surface area contributed by atoms with Crippen LogP contribution in [0.4, 0.5) is 22.7 Å². The third-order valence-electron chi connectivity index (χ3n) is 5.54. The van der Waals surface area contributed by atoms with E-state index in [0.717, 1.165) is 55.0 Å². The number of benzene rings is 4. The lowest BCUT2D eigenvalue weighted by atomic mass is 10.1. The van der Waals surface area contributed by atoms with Crippen molar-refractivity contribution in [3.05, 3.63) is 84.9 Å². The average molecular weight is 503 g/mol. The van der Waals surface area contributed by atoms with Gasteiger partial charge in [0.05, 0.1) is 27.8 Å². The van der Waals surface area contributed by atoms with E-state index in [0.29, 0.717) is 11.4 Å². The molecule has 0 aliphatic heterocycles. The quantitative estimate of drug-likeness (QED) is 0.0479. The van der Waals surface area contributed by atoms with Crippen LogP contribution in [0.3, 0.4) is 0 Å². The maximum Gasteiger partial charge on any atom is 0.191 e. The Bertz CT molecular complexity index is 1790. The average Bonchev–Trinajstić information content (AvgIpc) is 2.87. The maximum atomic E-state index is 7.10. The fraction of sp³-hybridized carbons (Fsp3) is 0. The molecule has 0 fully saturated rings. The molecule has 2 heterocycles. The molecule has 0 saturated carbocycles. The Kier molecular flexibility index (Phi) is 7.21. The lowest BCUT2D eigenvalue weighted by Gasteiger charge is -2.03. The van der Waals surface area contributed by atoms with E-state index in [-0.39, 0.29) is 5.96 Å². The Hall–Kier alpha value is -5.82. The second-order valence-corrected chi connectivity index (χ2v) is 8.38. The van der Waals surface area contributed by atoms with Crippen molar-refractivity contribution in [3.8, 4) is 6.19 Å². The first kappa shape index (κ1) is 25.3. The van der Waals surface area contributed by atoms with Crippen LogP contribution in [-0.2, 0) is 0 Å². The second kappa shape index (κ2) is 10.8. The molecule has 0 aliphatic carbocycles. The second-order valence-electron chi connectivity index (χ2n) is 8.38. The molecule has 0 aliphatic rings. The zero-order valence-electron chi connectivity index (χ0n) is 20.3. The van der Waals surface area contributed by atoms with Crippen LogP contribution in [-0.4, -0.2) is 15.9 Å². The lowest BCUT2D eigenvalue weighted by Crippen LogP contribution is -2.21. The van der Waals surface area contributed by atoms with Crippen molar-refractivity contribution >= 4 is 72.3 Å². The molecule has 0 amide bonds. The van der Waals surface area contributed by atoms with E-state index >= 15 is 0 Å². The van der Waals surface area contributed by atoms with Gasteiger partial charge in [-0.05, 0) is 60.7 Å². The molecule has 0 saturated heterocycles. The molecule has 38 heavy (non-hydrogen) atoms. The highest BCUT2D eigenvalue weighted by molar-refractivity contribution is 5.96. The van der Waals surface area contributed by atoms with E-state index in [1.807, 2.05) is 72.8 Å². The number of nitrogens with two attached hydrogens (primary N) is 6. The van der Waals surface area contributed by atoms with Crippen LogP contribution in [0.5, 0.6) is 0 Å². The first-order valence-corrected chi connectivity index (χ1v) is 11.4. The van der Waals surface area contributed by atoms with Crippen molar-refractivity contribution in [2.24, 2.45) is 22.2 Å². The predicted molar refractivity (Wildman–Crippen MR) is 157 cm³/mol.